The van der Waals surface area contributed by atoms with Crippen molar-refractivity contribution in [3.63, 3.8) is 0 Å². The normalized spacial score (nSPS) is 17.8. The van der Waals surface area contributed by atoms with Crippen molar-refractivity contribution < 1.29 is 4.79 Å². The van der Waals surface area contributed by atoms with E-state index in [1.54, 1.807) is 0 Å². The van der Waals surface area contributed by atoms with Crippen LogP contribution < -0.4 is 4.90 Å². The van der Waals surface area contributed by atoms with Crippen LogP contribution in [0.15, 0.2) is 30.3 Å². The van der Waals surface area contributed by atoms with E-state index in [4.69, 9.17) is 5.26 Å². The summed E-state index contributed by atoms with van der Waals surface area (Å²) in [4.78, 5) is 19.1. The van der Waals surface area contributed by atoms with Crippen LogP contribution in [0.4, 0.5) is 5.69 Å². The summed E-state index contributed by atoms with van der Waals surface area (Å²) in [5.41, 5.74) is 1.23. The Morgan fingerprint density at radius 3 is 2.50 bits per heavy atom. The second-order valence-corrected chi connectivity index (χ2v) is 6.79. The van der Waals surface area contributed by atoms with E-state index in [9.17, 15) is 4.79 Å². The minimum absolute atomic E-state index is 0.210. The Bertz CT molecular complexity index is 571. The highest BCUT2D eigenvalue weighted by Gasteiger charge is 2.27. The summed E-state index contributed by atoms with van der Waals surface area (Å²) in [6, 6.07) is 12.6. The number of piperazine rings is 1. The van der Waals surface area contributed by atoms with Crippen LogP contribution in [0.1, 0.15) is 19.3 Å². The number of para-hydroxylation sites is 1. The van der Waals surface area contributed by atoms with Gasteiger partial charge in [-0.25, -0.2) is 0 Å². The lowest BCUT2D eigenvalue weighted by Gasteiger charge is -2.37. The highest BCUT2D eigenvalue weighted by molar-refractivity contribution is 5.78. The number of nitriles is 1. The van der Waals surface area contributed by atoms with Gasteiger partial charge in [0.25, 0.3) is 0 Å². The predicted molar refractivity (Wildman–Crippen MR) is 94.6 cm³/mol. The van der Waals surface area contributed by atoms with Crippen LogP contribution in [0.5, 0.6) is 0 Å². The maximum Gasteiger partial charge on any atom is 0.236 e. The van der Waals surface area contributed by atoms with Crippen molar-refractivity contribution in [1.29, 1.82) is 5.26 Å². The van der Waals surface area contributed by atoms with Gasteiger partial charge in [-0.1, -0.05) is 18.2 Å². The standard InChI is InChI=1S/C19H26N4O/c20-9-4-10-21(15-17-7-8-17)16-19(24)23-13-11-22(12-14-23)18-5-2-1-3-6-18/h1-3,5-6,17H,4,7-8,10-16H2. The van der Waals surface area contributed by atoms with Gasteiger partial charge >= 0.3 is 0 Å². The Hall–Kier alpha value is -2.06. The number of nitrogens with zero attached hydrogens (tertiary/aromatic N) is 4. The quantitative estimate of drug-likeness (QED) is 0.769. The van der Waals surface area contributed by atoms with Gasteiger partial charge in [0.05, 0.1) is 12.6 Å². The molecule has 1 amide bonds. The first-order chi connectivity index (χ1) is 11.8. The Morgan fingerprint density at radius 2 is 1.88 bits per heavy atom. The van der Waals surface area contributed by atoms with E-state index < -0.39 is 0 Å². The number of hydrogen-bond donors (Lipinski definition) is 0. The summed E-state index contributed by atoms with van der Waals surface area (Å²) in [6.45, 7) is 5.48. The van der Waals surface area contributed by atoms with Crippen molar-refractivity contribution in [2.24, 2.45) is 5.92 Å². The van der Waals surface area contributed by atoms with Crippen LogP contribution in [0.2, 0.25) is 0 Å². The van der Waals surface area contributed by atoms with Crippen LogP contribution in [-0.2, 0) is 4.79 Å². The zero-order valence-electron chi connectivity index (χ0n) is 14.2. The van der Waals surface area contributed by atoms with Gasteiger partial charge in [-0.3, -0.25) is 9.69 Å². The first-order valence-corrected chi connectivity index (χ1v) is 8.93. The van der Waals surface area contributed by atoms with Gasteiger partial charge < -0.3 is 9.80 Å². The molecule has 1 aromatic rings. The summed E-state index contributed by atoms with van der Waals surface area (Å²) in [5, 5.41) is 8.81. The SMILES string of the molecule is N#CCCN(CC(=O)N1CCN(c2ccccc2)CC1)CC1CC1. The molecule has 0 unspecified atom stereocenters. The first-order valence-electron chi connectivity index (χ1n) is 8.93. The third kappa shape index (κ3) is 4.72. The fraction of sp³-hybridized carbons (Fsp3) is 0.579. The molecule has 2 fully saturated rings. The lowest BCUT2D eigenvalue weighted by Crippen LogP contribution is -2.51. The zero-order chi connectivity index (χ0) is 16.8. The zero-order valence-corrected chi connectivity index (χ0v) is 14.2. The summed E-state index contributed by atoms with van der Waals surface area (Å²) in [5.74, 6) is 0.952. The monoisotopic (exact) mass is 326 g/mol. The lowest BCUT2D eigenvalue weighted by atomic mass is 10.2. The second kappa shape index (κ2) is 8.16. The molecule has 0 bridgehead atoms. The number of carbonyl (C=O) groups excluding carboxylic acids is 1. The van der Waals surface area contributed by atoms with Gasteiger partial charge in [-0.05, 0) is 30.9 Å². The van der Waals surface area contributed by atoms with Gasteiger partial charge in [0.15, 0.2) is 0 Å². The number of anilines is 1. The van der Waals surface area contributed by atoms with E-state index >= 15 is 0 Å². The smallest absolute Gasteiger partial charge is 0.236 e. The third-order valence-corrected chi connectivity index (χ3v) is 4.87. The third-order valence-electron chi connectivity index (χ3n) is 4.87. The molecule has 5 heteroatoms. The summed E-state index contributed by atoms with van der Waals surface area (Å²) >= 11 is 0. The summed E-state index contributed by atoms with van der Waals surface area (Å²) in [7, 11) is 0. The molecule has 1 saturated heterocycles. The fourth-order valence-corrected chi connectivity index (χ4v) is 3.25. The molecule has 1 saturated carbocycles. The van der Waals surface area contributed by atoms with Crippen molar-refractivity contribution >= 4 is 11.6 Å². The number of amides is 1. The molecular formula is C19H26N4O. The molecule has 24 heavy (non-hydrogen) atoms. The molecule has 1 aliphatic carbocycles. The Morgan fingerprint density at radius 1 is 1.17 bits per heavy atom. The Balaban J connectivity index is 1.47. The van der Waals surface area contributed by atoms with E-state index in [-0.39, 0.29) is 5.91 Å². The van der Waals surface area contributed by atoms with E-state index in [0.717, 1.165) is 38.6 Å². The average Bonchev–Trinajstić information content (AvgIpc) is 3.44. The number of rotatable bonds is 7. The minimum Gasteiger partial charge on any atom is -0.368 e. The van der Waals surface area contributed by atoms with E-state index in [1.807, 2.05) is 11.0 Å². The molecule has 128 valence electrons. The van der Waals surface area contributed by atoms with Gasteiger partial charge in [0, 0.05) is 51.4 Å². The Labute approximate surface area is 144 Å². The molecule has 0 spiro atoms. The minimum atomic E-state index is 0.210. The highest BCUT2D eigenvalue weighted by atomic mass is 16.2. The van der Waals surface area contributed by atoms with Crippen molar-refractivity contribution in [3.8, 4) is 6.07 Å². The highest BCUT2D eigenvalue weighted by Crippen LogP contribution is 2.29. The molecule has 3 rings (SSSR count). The molecule has 0 aromatic heterocycles. The van der Waals surface area contributed by atoms with E-state index in [1.165, 1.54) is 18.5 Å². The molecule has 1 aliphatic heterocycles. The maximum absolute atomic E-state index is 12.6. The fourth-order valence-electron chi connectivity index (χ4n) is 3.25. The molecule has 1 aromatic carbocycles. The van der Waals surface area contributed by atoms with Crippen LogP contribution in [-0.4, -0.2) is 61.5 Å². The molecule has 0 radical (unpaired) electrons. The number of benzene rings is 1. The summed E-state index contributed by atoms with van der Waals surface area (Å²) < 4.78 is 0. The number of hydrogen-bond acceptors (Lipinski definition) is 4. The predicted octanol–water partition coefficient (Wildman–Crippen LogP) is 1.96. The van der Waals surface area contributed by atoms with Gasteiger partial charge in [0.2, 0.25) is 5.91 Å². The van der Waals surface area contributed by atoms with Crippen LogP contribution >= 0.6 is 0 Å². The molecular weight excluding hydrogens is 300 g/mol. The van der Waals surface area contributed by atoms with Crippen LogP contribution in [0.3, 0.4) is 0 Å². The van der Waals surface area contributed by atoms with Gasteiger partial charge in [-0.15, -0.1) is 0 Å². The molecule has 5 nitrogen and oxygen atoms in total. The lowest BCUT2D eigenvalue weighted by molar-refractivity contribution is -0.132. The molecule has 2 aliphatic rings. The first kappa shape index (κ1) is 16.8. The maximum atomic E-state index is 12.6. The number of carbonyl (C=O) groups is 1. The van der Waals surface area contributed by atoms with Gasteiger partial charge in [-0.2, -0.15) is 5.26 Å². The van der Waals surface area contributed by atoms with E-state index in [2.05, 4.69) is 40.1 Å². The van der Waals surface area contributed by atoms with Crippen molar-refractivity contribution in [2.45, 2.75) is 19.3 Å². The van der Waals surface area contributed by atoms with Crippen molar-refractivity contribution in [1.82, 2.24) is 9.80 Å². The average molecular weight is 326 g/mol. The molecule has 1 heterocycles. The summed E-state index contributed by atoms with van der Waals surface area (Å²) in [6.07, 6.45) is 3.04. The topological polar surface area (TPSA) is 50.6 Å². The molecule has 0 N–H and O–H groups in total. The van der Waals surface area contributed by atoms with Crippen molar-refractivity contribution in [2.75, 3.05) is 50.7 Å². The van der Waals surface area contributed by atoms with Crippen LogP contribution in [0, 0.1) is 17.2 Å². The van der Waals surface area contributed by atoms with Crippen molar-refractivity contribution in [3.05, 3.63) is 30.3 Å². The van der Waals surface area contributed by atoms with Gasteiger partial charge in [0.1, 0.15) is 0 Å². The molecule has 0 atom stereocenters. The Kier molecular flexibility index (Phi) is 5.71. The largest absolute Gasteiger partial charge is 0.368 e. The second-order valence-electron chi connectivity index (χ2n) is 6.79. The van der Waals surface area contributed by atoms with Crippen LogP contribution in [0.25, 0.3) is 0 Å². The van der Waals surface area contributed by atoms with E-state index in [0.29, 0.717) is 19.5 Å².